The number of carboxylic acids is 1. The standard InChI is InChI=1S/C26H35N3O3/c1-23-11-7-19-24(2)9-5-10-25(3,22(31)32)18(24)8-12-26(19,16-23)14-20(23)28-29-21(30)17-6-4-13-27-15-17/h4,6,13,15,18-19H,5,7-12,14,16H2,1-3H3,(H,29,30)(H,31,32)/t18?,19?,23-,24+,25+,26-/m0/s1. The fourth-order valence-electron chi connectivity index (χ4n) is 8.64. The Morgan fingerprint density at radius 1 is 1.12 bits per heavy atom. The topological polar surface area (TPSA) is 91.6 Å². The number of carbonyl (C=O) groups is 2. The van der Waals surface area contributed by atoms with Crippen molar-refractivity contribution in [3.8, 4) is 0 Å². The molecule has 1 heterocycles. The van der Waals surface area contributed by atoms with E-state index in [1.54, 1.807) is 24.5 Å². The molecule has 1 aromatic heterocycles. The van der Waals surface area contributed by atoms with Crippen LogP contribution in [-0.2, 0) is 4.79 Å². The largest absolute Gasteiger partial charge is 0.481 e. The fraction of sp³-hybridized carbons (Fsp3) is 0.692. The van der Waals surface area contributed by atoms with Gasteiger partial charge in [0.05, 0.1) is 11.0 Å². The van der Waals surface area contributed by atoms with E-state index in [1.165, 1.54) is 0 Å². The molecule has 4 fully saturated rings. The zero-order valence-corrected chi connectivity index (χ0v) is 19.5. The SMILES string of the molecule is C[C@@]12CCC3[C@@](CCC4[C@@]3(C)CCC[C@@]4(C)C(=O)O)(CC1=NNC(=O)c1cccnc1)C2. The third-order valence-electron chi connectivity index (χ3n) is 10.1. The highest BCUT2D eigenvalue weighted by Gasteiger charge is 2.67. The van der Waals surface area contributed by atoms with E-state index in [0.717, 1.165) is 63.5 Å². The first kappa shape index (κ1) is 21.6. The predicted octanol–water partition coefficient (Wildman–Crippen LogP) is 5.06. The maximum atomic E-state index is 12.5. The van der Waals surface area contributed by atoms with E-state index in [-0.39, 0.29) is 28.1 Å². The Bertz CT molecular complexity index is 978. The van der Waals surface area contributed by atoms with Crippen LogP contribution in [0.2, 0.25) is 0 Å². The quantitative estimate of drug-likeness (QED) is 0.647. The number of nitrogens with one attached hydrogen (secondary N) is 1. The Labute approximate surface area is 190 Å². The van der Waals surface area contributed by atoms with Gasteiger partial charge in [0, 0.05) is 23.5 Å². The summed E-state index contributed by atoms with van der Waals surface area (Å²) in [7, 11) is 0. The molecule has 2 N–H and O–H groups in total. The number of hydrogen-bond donors (Lipinski definition) is 2. The molecule has 0 aromatic carbocycles. The minimum Gasteiger partial charge on any atom is -0.481 e. The molecule has 0 aliphatic heterocycles. The minimum absolute atomic E-state index is 0.0205. The summed E-state index contributed by atoms with van der Waals surface area (Å²) in [6.45, 7) is 6.70. The highest BCUT2D eigenvalue weighted by atomic mass is 16.4. The Kier molecular flexibility index (Phi) is 4.81. The van der Waals surface area contributed by atoms with Crippen molar-refractivity contribution >= 4 is 17.6 Å². The summed E-state index contributed by atoms with van der Waals surface area (Å²) in [6.07, 6.45) is 12.4. The van der Waals surface area contributed by atoms with Crippen molar-refractivity contribution in [2.24, 2.45) is 38.6 Å². The monoisotopic (exact) mass is 437 g/mol. The molecular weight excluding hydrogens is 402 g/mol. The van der Waals surface area contributed by atoms with Crippen LogP contribution in [0.15, 0.2) is 29.6 Å². The zero-order chi connectivity index (χ0) is 22.8. The normalized spacial score (nSPS) is 43.9. The summed E-state index contributed by atoms with van der Waals surface area (Å²) in [5, 5.41) is 14.8. The average Bonchev–Trinajstić information content (AvgIpc) is 2.96. The van der Waals surface area contributed by atoms with Crippen LogP contribution in [0.5, 0.6) is 0 Å². The molecular formula is C26H35N3O3. The van der Waals surface area contributed by atoms with Crippen LogP contribution in [0.4, 0.5) is 0 Å². The van der Waals surface area contributed by atoms with Gasteiger partial charge in [-0.3, -0.25) is 14.6 Å². The third-order valence-corrected chi connectivity index (χ3v) is 10.1. The van der Waals surface area contributed by atoms with Gasteiger partial charge < -0.3 is 5.11 Å². The number of amides is 1. The van der Waals surface area contributed by atoms with Gasteiger partial charge in [0.1, 0.15) is 0 Å². The Balaban J connectivity index is 1.42. The first-order valence-electron chi connectivity index (χ1n) is 12.1. The third kappa shape index (κ3) is 2.97. The number of hydrazone groups is 1. The van der Waals surface area contributed by atoms with Gasteiger partial charge in [0.15, 0.2) is 0 Å². The number of nitrogens with zero attached hydrogens (tertiary/aromatic N) is 2. The molecule has 6 heteroatoms. The fourth-order valence-corrected chi connectivity index (χ4v) is 8.64. The summed E-state index contributed by atoms with van der Waals surface area (Å²) in [5.41, 5.74) is 4.10. The summed E-state index contributed by atoms with van der Waals surface area (Å²) >= 11 is 0. The van der Waals surface area contributed by atoms with Crippen LogP contribution in [0.25, 0.3) is 0 Å². The first-order chi connectivity index (χ1) is 15.1. The van der Waals surface area contributed by atoms with Crippen LogP contribution in [0.3, 0.4) is 0 Å². The number of pyridine rings is 1. The lowest BCUT2D eigenvalue weighted by Crippen LogP contribution is -2.58. The van der Waals surface area contributed by atoms with Crippen LogP contribution in [0, 0.1) is 33.5 Å². The number of aromatic nitrogens is 1. The minimum atomic E-state index is -0.614. The molecule has 4 aliphatic carbocycles. The van der Waals surface area contributed by atoms with Gasteiger partial charge in [-0.1, -0.05) is 20.3 Å². The van der Waals surface area contributed by atoms with Crippen LogP contribution in [-0.4, -0.2) is 27.7 Å². The van der Waals surface area contributed by atoms with Gasteiger partial charge >= 0.3 is 5.97 Å². The molecule has 172 valence electrons. The van der Waals surface area contributed by atoms with Gasteiger partial charge in [0.2, 0.25) is 0 Å². The molecule has 4 aliphatic rings. The van der Waals surface area contributed by atoms with E-state index in [9.17, 15) is 14.7 Å². The lowest BCUT2D eigenvalue weighted by Gasteiger charge is -2.63. The van der Waals surface area contributed by atoms with Crippen molar-refractivity contribution in [2.75, 3.05) is 0 Å². The second-order valence-corrected chi connectivity index (χ2v) is 11.8. The van der Waals surface area contributed by atoms with Crippen molar-refractivity contribution in [3.63, 3.8) is 0 Å². The predicted molar refractivity (Wildman–Crippen MR) is 122 cm³/mol. The van der Waals surface area contributed by atoms with Gasteiger partial charge in [-0.25, -0.2) is 5.43 Å². The molecule has 1 amide bonds. The first-order valence-corrected chi connectivity index (χ1v) is 12.1. The van der Waals surface area contributed by atoms with Gasteiger partial charge in [-0.05, 0) is 93.1 Å². The number of aliphatic carboxylic acids is 1. The van der Waals surface area contributed by atoms with Gasteiger partial charge in [-0.15, -0.1) is 0 Å². The molecule has 1 aromatic rings. The lowest BCUT2D eigenvalue weighted by molar-refractivity contribution is -0.182. The number of fused-ring (bicyclic) bond motifs is 3. The molecule has 6 atom stereocenters. The van der Waals surface area contributed by atoms with Crippen LogP contribution >= 0.6 is 0 Å². The molecule has 32 heavy (non-hydrogen) atoms. The Hall–Kier alpha value is -2.24. The highest BCUT2D eigenvalue weighted by molar-refractivity contribution is 5.97. The van der Waals surface area contributed by atoms with E-state index in [0.29, 0.717) is 11.5 Å². The average molecular weight is 438 g/mol. The van der Waals surface area contributed by atoms with Crippen molar-refractivity contribution in [2.45, 2.75) is 78.6 Å². The molecule has 2 bridgehead atoms. The number of rotatable bonds is 3. The molecule has 0 radical (unpaired) electrons. The molecule has 5 rings (SSSR count). The molecule has 4 saturated carbocycles. The number of carboxylic acid groups (broad SMARTS) is 1. The summed E-state index contributed by atoms with van der Waals surface area (Å²) < 4.78 is 0. The van der Waals surface area contributed by atoms with E-state index in [2.05, 4.69) is 29.4 Å². The van der Waals surface area contributed by atoms with Crippen molar-refractivity contribution < 1.29 is 14.7 Å². The van der Waals surface area contributed by atoms with E-state index >= 15 is 0 Å². The van der Waals surface area contributed by atoms with Crippen molar-refractivity contribution in [1.29, 1.82) is 0 Å². The second kappa shape index (κ2) is 7.13. The number of hydrogen-bond acceptors (Lipinski definition) is 4. The highest BCUT2D eigenvalue weighted by Crippen LogP contribution is 2.73. The van der Waals surface area contributed by atoms with Crippen LogP contribution < -0.4 is 5.43 Å². The smallest absolute Gasteiger partial charge is 0.309 e. The second-order valence-electron chi connectivity index (χ2n) is 11.8. The van der Waals surface area contributed by atoms with Crippen LogP contribution in [0.1, 0.15) is 88.9 Å². The maximum Gasteiger partial charge on any atom is 0.309 e. The van der Waals surface area contributed by atoms with E-state index < -0.39 is 11.4 Å². The maximum absolute atomic E-state index is 12.5. The van der Waals surface area contributed by atoms with Crippen molar-refractivity contribution in [3.05, 3.63) is 30.1 Å². The van der Waals surface area contributed by atoms with Gasteiger partial charge in [0.25, 0.3) is 5.91 Å². The summed E-state index contributed by atoms with van der Waals surface area (Å²) in [4.78, 5) is 28.9. The zero-order valence-electron chi connectivity index (χ0n) is 19.5. The van der Waals surface area contributed by atoms with Gasteiger partial charge in [-0.2, -0.15) is 5.10 Å². The van der Waals surface area contributed by atoms with Crippen molar-refractivity contribution in [1.82, 2.24) is 10.4 Å². The molecule has 0 saturated heterocycles. The summed E-state index contributed by atoms with van der Waals surface area (Å²) in [6, 6.07) is 3.50. The van der Waals surface area contributed by atoms with E-state index in [4.69, 9.17) is 0 Å². The van der Waals surface area contributed by atoms with E-state index in [1.807, 2.05) is 6.92 Å². The number of carbonyl (C=O) groups excluding carboxylic acids is 1. The molecule has 1 spiro atoms. The molecule has 2 unspecified atom stereocenters. The Morgan fingerprint density at radius 2 is 1.91 bits per heavy atom. The summed E-state index contributed by atoms with van der Waals surface area (Å²) in [5.74, 6) is -0.0586. The molecule has 6 nitrogen and oxygen atoms in total. The lowest BCUT2D eigenvalue weighted by atomic mass is 9.40. The Morgan fingerprint density at radius 3 is 2.62 bits per heavy atom.